The van der Waals surface area contributed by atoms with E-state index in [1.54, 1.807) is 21.3 Å². The van der Waals surface area contributed by atoms with Crippen LogP contribution in [0.25, 0.3) is 11.2 Å². The van der Waals surface area contributed by atoms with Crippen molar-refractivity contribution >= 4 is 22.8 Å². The molecule has 0 spiro atoms. The fourth-order valence-electron chi connectivity index (χ4n) is 3.18. The van der Waals surface area contributed by atoms with Gasteiger partial charge in [0, 0.05) is 26.2 Å². The summed E-state index contributed by atoms with van der Waals surface area (Å²) in [6, 6.07) is 5.49. The van der Waals surface area contributed by atoms with E-state index in [1.165, 1.54) is 4.57 Å². The van der Waals surface area contributed by atoms with Crippen LogP contribution in [0.15, 0.2) is 27.8 Å². The summed E-state index contributed by atoms with van der Waals surface area (Å²) < 4.78 is 13.9. The fraction of sp³-hybridized carbons (Fsp3) is 0.312. The summed E-state index contributed by atoms with van der Waals surface area (Å²) in [5.41, 5.74) is 0.616. The SMILES string of the molecule is COc1ccc(OC)c(N2CCn3c2nc2c3c(=O)[nH]c(=O)n2C)c1. The molecule has 0 radical (unpaired) electrons. The van der Waals surface area contributed by atoms with E-state index in [-0.39, 0.29) is 0 Å². The summed E-state index contributed by atoms with van der Waals surface area (Å²) in [5, 5.41) is 0. The molecule has 0 amide bonds. The van der Waals surface area contributed by atoms with Gasteiger partial charge in [-0.1, -0.05) is 0 Å². The van der Waals surface area contributed by atoms with E-state index in [0.29, 0.717) is 41.7 Å². The Kier molecular flexibility index (Phi) is 3.31. The highest BCUT2D eigenvalue weighted by Gasteiger charge is 2.29. The van der Waals surface area contributed by atoms with E-state index in [4.69, 9.17) is 9.47 Å². The van der Waals surface area contributed by atoms with Crippen molar-refractivity contribution in [1.82, 2.24) is 19.1 Å². The highest BCUT2D eigenvalue weighted by Crippen LogP contribution is 2.39. The first kappa shape index (κ1) is 15.3. The molecule has 1 aliphatic rings. The minimum Gasteiger partial charge on any atom is -0.497 e. The predicted molar refractivity (Wildman–Crippen MR) is 92.1 cm³/mol. The average Bonchev–Trinajstić information content (AvgIpc) is 3.18. The number of hydrogen-bond donors (Lipinski definition) is 1. The first-order valence-electron chi connectivity index (χ1n) is 7.74. The average molecular weight is 343 g/mol. The van der Waals surface area contributed by atoms with Crippen molar-refractivity contribution in [3.63, 3.8) is 0 Å². The van der Waals surface area contributed by atoms with Gasteiger partial charge in [0.25, 0.3) is 5.56 Å². The molecule has 25 heavy (non-hydrogen) atoms. The summed E-state index contributed by atoms with van der Waals surface area (Å²) in [7, 11) is 4.78. The van der Waals surface area contributed by atoms with Crippen LogP contribution in [0.5, 0.6) is 11.5 Å². The molecule has 0 atom stereocenters. The molecule has 2 aromatic heterocycles. The lowest BCUT2D eigenvalue weighted by Crippen LogP contribution is -2.29. The standard InChI is InChI=1S/C16H17N5O4/c1-19-13-12(14(22)18-16(19)23)21-7-6-20(15(21)17-13)10-8-9(24-2)4-5-11(10)25-3/h4-5,8H,6-7H2,1-3H3,(H,18,22,23). The number of fused-ring (bicyclic) bond motifs is 3. The number of aryl methyl sites for hydroxylation is 1. The van der Waals surface area contributed by atoms with Gasteiger partial charge in [-0.2, -0.15) is 4.98 Å². The Labute approximate surface area is 142 Å². The van der Waals surface area contributed by atoms with Crippen molar-refractivity contribution in [1.29, 1.82) is 0 Å². The molecule has 0 fully saturated rings. The van der Waals surface area contributed by atoms with Crippen LogP contribution in [0.3, 0.4) is 0 Å². The van der Waals surface area contributed by atoms with Gasteiger partial charge in [0.2, 0.25) is 5.95 Å². The lowest BCUT2D eigenvalue weighted by molar-refractivity contribution is 0.403. The summed E-state index contributed by atoms with van der Waals surface area (Å²) in [5.74, 6) is 1.95. The Morgan fingerprint density at radius 3 is 2.68 bits per heavy atom. The van der Waals surface area contributed by atoms with E-state index in [2.05, 4.69) is 9.97 Å². The van der Waals surface area contributed by atoms with Crippen LogP contribution >= 0.6 is 0 Å². The van der Waals surface area contributed by atoms with Gasteiger partial charge < -0.3 is 18.9 Å². The van der Waals surface area contributed by atoms with Gasteiger partial charge in [0.15, 0.2) is 11.2 Å². The molecular formula is C16H17N5O4. The van der Waals surface area contributed by atoms with E-state index < -0.39 is 11.2 Å². The third-order valence-electron chi connectivity index (χ3n) is 4.45. The number of aromatic nitrogens is 4. The predicted octanol–water partition coefficient (Wildman–Crippen LogP) is 0.592. The van der Waals surface area contributed by atoms with Crippen LogP contribution in [-0.4, -0.2) is 39.9 Å². The van der Waals surface area contributed by atoms with Crippen molar-refractivity contribution in [3.05, 3.63) is 39.0 Å². The molecule has 9 nitrogen and oxygen atoms in total. The van der Waals surface area contributed by atoms with Gasteiger partial charge in [-0.15, -0.1) is 0 Å². The number of anilines is 2. The highest BCUT2D eigenvalue weighted by molar-refractivity contribution is 5.79. The number of hydrogen-bond acceptors (Lipinski definition) is 6. The molecule has 1 N–H and O–H groups in total. The number of imidazole rings is 1. The minimum absolute atomic E-state index is 0.357. The largest absolute Gasteiger partial charge is 0.497 e. The fourth-order valence-corrected chi connectivity index (χ4v) is 3.18. The Morgan fingerprint density at radius 1 is 1.16 bits per heavy atom. The number of nitrogens with zero attached hydrogens (tertiary/aromatic N) is 4. The second kappa shape index (κ2) is 5.40. The Hall–Kier alpha value is -3.23. The molecule has 0 unspecified atom stereocenters. The summed E-state index contributed by atoms with van der Waals surface area (Å²) in [6.07, 6.45) is 0. The summed E-state index contributed by atoms with van der Waals surface area (Å²) in [6.45, 7) is 1.21. The molecule has 1 aromatic carbocycles. The van der Waals surface area contributed by atoms with Gasteiger partial charge >= 0.3 is 5.69 Å². The second-order valence-electron chi connectivity index (χ2n) is 5.74. The van der Waals surface area contributed by atoms with Crippen LogP contribution in [0.4, 0.5) is 11.6 Å². The highest BCUT2D eigenvalue weighted by atomic mass is 16.5. The number of nitrogens with one attached hydrogen (secondary N) is 1. The Balaban J connectivity index is 1.96. The van der Waals surface area contributed by atoms with Crippen LogP contribution < -0.4 is 25.6 Å². The number of methoxy groups -OCH3 is 2. The molecule has 130 valence electrons. The monoisotopic (exact) mass is 343 g/mol. The first-order valence-corrected chi connectivity index (χ1v) is 7.74. The van der Waals surface area contributed by atoms with E-state index in [9.17, 15) is 9.59 Å². The van der Waals surface area contributed by atoms with Crippen LogP contribution in [-0.2, 0) is 13.6 Å². The molecule has 0 saturated carbocycles. The van der Waals surface area contributed by atoms with Gasteiger partial charge in [-0.3, -0.25) is 14.3 Å². The quantitative estimate of drug-likeness (QED) is 0.748. The first-order chi connectivity index (χ1) is 12.0. The van der Waals surface area contributed by atoms with Crippen LogP contribution in [0.1, 0.15) is 0 Å². The van der Waals surface area contributed by atoms with Gasteiger partial charge in [0.05, 0.1) is 19.9 Å². The van der Waals surface area contributed by atoms with Crippen LogP contribution in [0, 0.1) is 0 Å². The molecule has 3 aromatic rings. The van der Waals surface area contributed by atoms with E-state index >= 15 is 0 Å². The lowest BCUT2D eigenvalue weighted by atomic mass is 10.2. The molecule has 3 heterocycles. The molecular weight excluding hydrogens is 326 g/mol. The normalized spacial score (nSPS) is 13.3. The third-order valence-corrected chi connectivity index (χ3v) is 4.45. The molecule has 0 bridgehead atoms. The number of H-pyrrole nitrogens is 1. The van der Waals surface area contributed by atoms with E-state index in [1.807, 2.05) is 27.7 Å². The van der Waals surface area contributed by atoms with E-state index in [0.717, 1.165) is 5.69 Å². The number of rotatable bonds is 3. The van der Waals surface area contributed by atoms with Crippen molar-refractivity contribution < 1.29 is 9.47 Å². The van der Waals surface area contributed by atoms with Crippen molar-refractivity contribution in [3.8, 4) is 11.5 Å². The number of aromatic amines is 1. The Bertz CT molecular complexity index is 1090. The topological polar surface area (TPSA) is 94.4 Å². The maximum Gasteiger partial charge on any atom is 0.329 e. The number of ether oxygens (including phenoxy) is 2. The van der Waals surface area contributed by atoms with Crippen LogP contribution in [0.2, 0.25) is 0 Å². The minimum atomic E-state index is -0.486. The zero-order chi connectivity index (χ0) is 17.7. The molecule has 0 aliphatic carbocycles. The number of benzene rings is 1. The van der Waals surface area contributed by atoms with Gasteiger partial charge in [-0.05, 0) is 12.1 Å². The third kappa shape index (κ3) is 2.12. The van der Waals surface area contributed by atoms with Crippen molar-refractivity contribution in [2.75, 3.05) is 25.7 Å². The smallest absolute Gasteiger partial charge is 0.329 e. The maximum atomic E-state index is 12.2. The van der Waals surface area contributed by atoms with Gasteiger partial charge in [-0.25, -0.2) is 4.79 Å². The Morgan fingerprint density at radius 2 is 1.96 bits per heavy atom. The molecule has 0 saturated heterocycles. The summed E-state index contributed by atoms with van der Waals surface area (Å²) >= 11 is 0. The second-order valence-corrected chi connectivity index (χ2v) is 5.74. The maximum absolute atomic E-state index is 12.2. The lowest BCUT2D eigenvalue weighted by Gasteiger charge is -2.19. The van der Waals surface area contributed by atoms with Gasteiger partial charge in [0.1, 0.15) is 11.5 Å². The summed E-state index contributed by atoms with van der Waals surface area (Å²) in [4.78, 5) is 32.9. The zero-order valence-corrected chi connectivity index (χ0v) is 14.1. The molecule has 1 aliphatic heterocycles. The zero-order valence-electron chi connectivity index (χ0n) is 14.1. The molecule has 4 rings (SSSR count). The molecule has 9 heteroatoms. The van der Waals surface area contributed by atoms with Crippen molar-refractivity contribution in [2.45, 2.75) is 6.54 Å². The van der Waals surface area contributed by atoms with Crippen molar-refractivity contribution in [2.24, 2.45) is 7.05 Å².